The number of anilines is 1. The third kappa shape index (κ3) is 4.11. The van der Waals surface area contributed by atoms with Gasteiger partial charge >= 0.3 is 5.91 Å². The first-order valence-electron chi connectivity index (χ1n) is 7.88. The third-order valence-electron chi connectivity index (χ3n) is 3.58. The first-order valence-corrected chi connectivity index (χ1v) is 7.88. The van der Waals surface area contributed by atoms with Crippen LogP contribution in [0.5, 0.6) is 11.6 Å². The molecule has 1 N–H and O–H groups in total. The van der Waals surface area contributed by atoms with Gasteiger partial charge in [0.15, 0.2) is 6.20 Å². The Kier molecular flexibility index (Phi) is 4.89. The molecular formula is C19H17N3O3. The number of carbonyl (C=O) groups excluding carboxylic acids is 1. The molecular weight excluding hydrogens is 318 g/mol. The summed E-state index contributed by atoms with van der Waals surface area (Å²) in [6.45, 7) is 2.08. The van der Waals surface area contributed by atoms with Gasteiger partial charge in [0.05, 0.1) is 11.9 Å². The maximum Gasteiger partial charge on any atom is 0.321 e. The Hall–Kier alpha value is -3.41. The van der Waals surface area contributed by atoms with Crippen molar-refractivity contribution >= 4 is 11.6 Å². The number of nitrogens with zero attached hydrogens (tertiary/aromatic N) is 2. The van der Waals surface area contributed by atoms with Crippen molar-refractivity contribution in [2.45, 2.75) is 13.3 Å². The Balaban J connectivity index is 1.68. The Morgan fingerprint density at radius 2 is 2.08 bits per heavy atom. The van der Waals surface area contributed by atoms with Crippen LogP contribution in [0, 0.1) is 5.21 Å². The van der Waals surface area contributed by atoms with Crippen LogP contribution in [0.15, 0.2) is 67.0 Å². The number of hydrogen-bond acceptors (Lipinski definition) is 4. The minimum Gasteiger partial charge on any atom is -0.618 e. The standard InChI is InChI=1S/C19H17N3O3/c1-2-14-6-5-7-16(12-14)25-18-10-9-15(13-20-18)21-19(23)17-8-3-4-11-22(17)24/h3-13H,2H2,1H3,(H,21,23). The fraction of sp³-hybridized carbons (Fsp3) is 0.105. The maximum absolute atomic E-state index is 12.1. The zero-order valence-corrected chi connectivity index (χ0v) is 13.7. The van der Waals surface area contributed by atoms with Crippen LogP contribution in [0.3, 0.4) is 0 Å². The molecule has 6 nitrogen and oxygen atoms in total. The van der Waals surface area contributed by atoms with Crippen LogP contribution in [-0.2, 0) is 6.42 Å². The van der Waals surface area contributed by atoms with Crippen LogP contribution in [0.25, 0.3) is 0 Å². The highest BCUT2D eigenvalue weighted by Gasteiger charge is 2.15. The second-order valence-electron chi connectivity index (χ2n) is 5.35. The van der Waals surface area contributed by atoms with Crippen LogP contribution in [0.1, 0.15) is 23.0 Å². The summed E-state index contributed by atoms with van der Waals surface area (Å²) in [5.74, 6) is 0.631. The second-order valence-corrected chi connectivity index (χ2v) is 5.35. The van der Waals surface area contributed by atoms with Gasteiger partial charge in [-0.1, -0.05) is 19.1 Å². The van der Waals surface area contributed by atoms with E-state index in [1.165, 1.54) is 24.0 Å². The molecule has 0 bridgehead atoms. The molecule has 6 heteroatoms. The number of hydrogen-bond donors (Lipinski definition) is 1. The van der Waals surface area contributed by atoms with Crippen molar-refractivity contribution in [1.29, 1.82) is 0 Å². The molecule has 3 rings (SSSR count). The SMILES string of the molecule is CCc1cccc(Oc2ccc(NC(=O)c3cccc[n+]3[O-])cn2)c1. The van der Waals surface area contributed by atoms with Gasteiger partial charge in [-0.3, -0.25) is 4.79 Å². The van der Waals surface area contributed by atoms with Crippen molar-refractivity contribution in [2.24, 2.45) is 0 Å². The van der Waals surface area contributed by atoms with Gasteiger partial charge in [-0.15, -0.1) is 0 Å². The van der Waals surface area contributed by atoms with Gasteiger partial charge in [0.1, 0.15) is 5.75 Å². The highest BCUT2D eigenvalue weighted by Crippen LogP contribution is 2.21. The molecule has 126 valence electrons. The summed E-state index contributed by atoms with van der Waals surface area (Å²) in [4.78, 5) is 16.3. The summed E-state index contributed by atoms with van der Waals surface area (Å²) in [6.07, 6.45) is 3.68. The number of aromatic nitrogens is 2. The van der Waals surface area contributed by atoms with Crippen molar-refractivity contribution in [1.82, 2.24) is 4.98 Å². The lowest BCUT2D eigenvalue weighted by Crippen LogP contribution is -2.36. The zero-order valence-electron chi connectivity index (χ0n) is 13.7. The number of amides is 1. The first kappa shape index (κ1) is 16.4. The lowest BCUT2D eigenvalue weighted by atomic mass is 10.2. The number of nitrogens with one attached hydrogen (secondary N) is 1. The van der Waals surface area contributed by atoms with E-state index in [1.54, 1.807) is 24.3 Å². The van der Waals surface area contributed by atoms with Crippen molar-refractivity contribution in [2.75, 3.05) is 5.32 Å². The summed E-state index contributed by atoms with van der Waals surface area (Å²) < 4.78 is 6.22. The van der Waals surface area contributed by atoms with Gasteiger partial charge in [-0.05, 0) is 36.2 Å². The fourth-order valence-electron chi connectivity index (χ4n) is 2.26. The van der Waals surface area contributed by atoms with Crippen LogP contribution in [0.4, 0.5) is 5.69 Å². The van der Waals surface area contributed by atoms with E-state index < -0.39 is 5.91 Å². The monoisotopic (exact) mass is 335 g/mol. The highest BCUT2D eigenvalue weighted by atomic mass is 16.5. The average molecular weight is 335 g/mol. The van der Waals surface area contributed by atoms with Gasteiger partial charge in [-0.25, -0.2) is 4.98 Å². The van der Waals surface area contributed by atoms with E-state index >= 15 is 0 Å². The lowest BCUT2D eigenvalue weighted by molar-refractivity contribution is -0.607. The Bertz CT molecular complexity index is 879. The molecule has 2 heterocycles. The van der Waals surface area contributed by atoms with E-state index in [2.05, 4.69) is 17.2 Å². The molecule has 0 saturated heterocycles. The molecule has 0 spiro atoms. The van der Waals surface area contributed by atoms with E-state index in [4.69, 9.17) is 4.74 Å². The van der Waals surface area contributed by atoms with E-state index in [9.17, 15) is 10.0 Å². The minimum absolute atomic E-state index is 0.0132. The topological polar surface area (TPSA) is 78.2 Å². The molecule has 1 aromatic carbocycles. The number of carbonyl (C=O) groups is 1. The Morgan fingerprint density at radius 3 is 2.80 bits per heavy atom. The number of rotatable bonds is 5. The summed E-state index contributed by atoms with van der Waals surface area (Å²) in [5.41, 5.74) is 1.66. The van der Waals surface area contributed by atoms with Crippen LogP contribution in [0.2, 0.25) is 0 Å². The van der Waals surface area contributed by atoms with Crippen molar-refractivity contribution in [3.05, 3.63) is 83.5 Å². The summed E-state index contributed by atoms with van der Waals surface area (Å²) in [6, 6.07) is 15.7. The molecule has 3 aromatic rings. The van der Waals surface area contributed by atoms with Crippen LogP contribution >= 0.6 is 0 Å². The molecule has 0 radical (unpaired) electrons. The van der Waals surface area contributed by atoms with E-state index in [1.807, 2.05) is 24.3 Å². The lowest BCUT2D eigenvalue weighted by Gasteiger charge is -2.08. The van der Waals surface area contributed by atoms with Gasteiger partial charge in [0, 0.05) is 18.2 Å². The molecule has 0 fully saturated rings. The van der Waals surface area contributed by atoms with Crippen LogP contribution in [-0.4, -0.2) is 10.9 Å². The molecule has 0 aliphatic rings. The number of pyridine rings is 2. The van der Waals surface area contributed by atoms with E-state index in [-0.39, 0.29) is 5.69 Å². The fourth-order valence-corrected chi connectivity index (χ4v) is 2.26. The first-order chi connectivity index (χ1) is 12.2. The smallest absolute Gasteiger partial charge is 0.321 e. The van der Waals surface area contributed by atoms with Crippen molar-refractivity contribution in [3.63, 3.8) is 0 Å². The van der Waals surface area contributed by atoms with E-state index in [0.717, 1.165) is 6.42 Å². The molecule has 0 atom stereocenters. The summed E-state index contributed by atoms with van der Waals surface area (Å²) in [7, 11) is 0. The largest absolute Gasteiger partial charge is 0.618 e. The zero-order chi connectivity index (χ0) is 17.6. The third-order valence-corrected chi connectivity index (χ3v) is 3.58. The Labute approximate surface area is 145 Å². The van der Waals surface area contributed by atoms with Gasteiger partial charge in [0.25, 0.3) is 5.69 Å². The van der Waals surface area contributed by atoms with Crippen LogP contribution < -0.4 is 14.8 Å². The minimum atomic E-state index is -0.498. The van der Waals surface area contributed by atoms with Crippen molar-refractivity contribution in [3.8, 4) is 11.6 Å². The maximum atomic E-state index is 12.1. The summed E-state index contributed by atoms with van der Waals surface area (Å²) >= 11 is 0. The Morgan fingerprint density at radius 1 is 1.20 bits per heavy atom. The molecule has 2 aromatic heterocycles. The van der Waals surface area contributed by atoms with Gasteiger partial charge in [0.2, 0.25) is 5.88 Å². The second kappa shape index (κ2) is 7.44. The number of ether oxygens (including phenoxy) is 1. The molecule has 0 saturated carbocycles. The van der Waals surface area contributed by atoms with Gasteiger partial charge < -0.3 is 15.3 Å². The van der Waals surface area contributed by atoms with E-state index in [0.29, 0.717) is 22.0 Å². The summed E-state index contributed by atoms with van der Waals surface area (Å²) in [5, 5.41) is 14.2. The predicted molar refractivity (Wildman–Crippen MR) is 93.5 cm³/mol. The van der Waals surface area contributed by atoms with Crippen molar-refractivity contribution < 1.29 is 14.3 Å². The molecule has 0 aliphatic carbocycles. The quantitative estimate of drug-likeness (QED) is 0.573. The molecule has 0 aliphatic heterocycles. The molecule has 25 heavy (non-hydrogen) atoms. The molecule has 1 amide bonds. The highest BCUT2D eigenvalue weighted by molar-refractivity contribution is 6.01. The average Bonchev–Trinajstić information content (AvgIpc) is 2.64. The van der Waals surface area contributed by atoms with Gasteiger partial charge in [-0.2, -0.15) is 4.73 Å². The predicted octanol–water partition coefficient (Wildman–Crippen LogP) is 3.32. The molecule has 0 unspecified atom stereocenters. The number of benzene rings is 1. The normalized spacial score (nSPS) is 10.3. The number of aryl methyl sites for hydroxylation is 1.